The zero-order chi connectivity index (χ0) is 5.28. The van der Waals surface area contributed by atoms with Crippen LogP contribution < -0.4 is 0 Å². The Balaban J connectivity index is 2.17. The first-order valence-electron chi connectivity index (χ1n) is 3.01. The molecule has 40 valence electrons. The van der Waals surface area contributed by atoms with Crippen molar-refractivity contribution in [3.63, 3.8) is 0 Å². The molecule has 0 aromatic rings. The molecule has 1 rings (SSSR count). The van der Waals surface area contributed by atoms with Crippen molar-refractivity contribution in [1.82, 2.24) is 0 Å². The van der Waals surface area contributed by atoms with Crippen LogP contribution in [0.25, 0.3) is 0 Å². The zero-order valence-corrected chi connectivity index (χ0v) is 4.85. The topological polar surface area (TPSA) is 0 Å². The van der Waals surface area contributed by atoms with Crippen LogP contribution in [0.4, 0.5) is 0 Å². The fraction of sp³-hybridized carbons (Fsp3) is 0.714. The van der Waals surface area contributed by atoms with Gasteiger partial charge in [0.15, 0.2) is 0 Å². The molecule has 0 aromatic heterocycles. The molecule has 0 heterocycles. The van der Waals surface area contributed by atoms with Gasteiger partial charge in [0.05, 0.1) is 0 Å². The third-order valence-corrected chi connectivity index (χ3v) is 1.80. The van der Waals surface area contributed by atoms with Gasteiger partial charge in [-0.15, -0.1) is 6.58 Å². The van der Waals surface area contributed by atoms with Crippen molar-refractivity contribution < 1.29 is 0 Å². The van der Waals surface area contributed by atoms with Gasteiger partial charge in [-0.25, -0.2) is 0 Å². The van der Waals surface area contributed by atoms with Gasteiger partial charge in [0.1, 0.15) is 0 Å². The normalized spacial score (nSPS) is 37.9. The Kier molecular flexibility index (Phi) is 1.18. The van der Waals surface area contributed by atoms with E-state index in [9.17, 15) is 0 Å². The van der Waals surface area contributed by atoms with E-state index in [2.05, 4.69) is 19.6 Å². The molecule has 0 aliphatic heterocycles. The average Bonchev–Trinajstić information content (AvgIpc) is 2.43. The predicted molar refractivity (Wildman–Crippen MR) is 32.1 cm³/mol. The standard InChI is InChI=1S/C7H12/c1-3-6-5-7(6)4-2/h3,6-7H,1,4-5H2,2H3. The van der Waals surface area contributed by atoms with Gasteiger partial charge in [0.2, 0.25) is 0 Å². The Labute approximate surface area is 45.2 Å². The molecule has 0 nitrogen and oxygen atoms in total. The molecule has 0 radical (unpaired) electrons. The second kappa shape index (κ2) is 1.69. The summed E-state index contributed by atoms with van der Waals surface area (Å²) in [7, 11) is 0. The molecule has 0 bridgehead atoms. The Morgan fingerprint density at radius 2 is 2.57 bits per heavy atom. The number of hydrogen-bond donors (Lipinski definition) is 0. The van der Waals surface area contributed by atoms with Crippen LogP contribution in [-0.4, -0.2) is 0 Å². The molecule has 0 aromatic carbocycles. The summed E-state index contributed by atoms with van der Waals surface area (Å²) in [5.74, 6) is 1.88. The molecule has 1 aliphatic carbocycles. The van der Waals surface area contributed by atoms with Crippen LogP contribution in [0.1, 0.15) is 19.8 Å². The average molecular weight is 96.2 g/mol. The first-order valence-corrected chi connectivity index (χ1v) is 3.01. The van der Waals surface area contributed by atoms with Gasteiger partial charge in [-0.1, -0.05) is 19.4 Å². The Morgan fingerprint density at radius 1 is 1.86 bits per heavy atom. The lowest BCUT2D eigenvalue weighted by atomic mass is 10.2. The second-order valence-electron chi connectivity index (χ2n) is 2.30. The van der Waals surface area contributed by atoms with Crippen LogP contribution in [-0.2, 0) is 0 Å². The van der Waals surface area contributed by atoms with Crippen molar-refractivity contribution in [2.24, 2.45) is 11.8 Å². The molecule has 1 fully saturated rings. The van der Waals surface area contributed by atoms with Crippen molar-refractivity contribution in [2.45, 2.75) is 19.8 Å². The molecule has 2 atom stereocenters. The van der Waals surface area contributed by atoms with Crippen molar-refractivity contribution in [1.29, 1.82) is 0 Å². The summed E-state index contributed by atoms with van der Waals surface area (Å²) in [4.78, 5) is 0. The monoisotopic (exact) mass is 96.1 g/mol. The zero-order valence-electron chi connectivity index (χ0n) is 4.85. The Bertz CT molecular complexity index is 74.1. The highest BCUT2D eigenvalue weighted by Crippen LogP contribution is 2.41. The number of allylic oxidation sites excluding steroid dienone is 1. The minimum absolute atomic E-state index is 0.880. The van der Waals surface area contributed by atoms with Crippen LogP contribution in [0, 0.1) is 11.8 Å². The lowest BCUT2D eigenvalue weighted by Gasteiger charge is -1.81. The third kappa shape index (κ3) is 0.846. The van der Waals surface area contributed by atoms with E-state index in [1.54, 1.807) is 0 Å². The van der Waals surface area contributed by atoms with Crippen LogP contribution in [0.2, 0.25) is 0 Å². The summed E-state index contributed by atoms with van der Waals surface area (Å²) in [5, 5.41) is 0. The van der Waals surface area contributed by atoms with Gasteiger partial charge in [0, 0.05) is 0 Å². The quantitative estimate of drug-likeness (QED) is 0.462. The summed E-state index contributed by atoms with van der Waals surface area (Å²) < 4.78 is 0. The molecular formula is C7H12. The SMILES string of the molecule is C=CC1CC1CC. The van der Waals surface area contributed by atoms with Crippen LogP contribution in [0.15, 0.2) is 12.7 Å². The fourth-order valence-corrected chi connectivity index (χ4v) is 1.03. The summed E-state index contributed by atoms with van der Waals surface area (Å²) >= 11 is 0. The van der Waals surface area contributed by atoms with Gasteiger partial charge in [-0.05, 0) is 18.3 Å². The molecule has 0 heteroatoms. The van der Waals surface area contributed by atoms with Gasteiger partial charge in [-0.2, -0.15) is 0 Å². The largest absolute Gasteiger partial charge is 0.103 e. The smallest absolute Gasteiger partial charge is 0.0205 e. The van der Waals surface area contributed by atoms with Crippen molar-refractivity contribution in [2.75, 3.05) is 0 Å². The van der Waals surface area contributed by atoms with E-state index in [1.807, 2.05) is 0 Å². The second-order valence-corrected chi connectivity index (χ2v) is 2.30. The lowest BCUT2D eigenvalue weighted by molar-refractivity contribution is 0.756. The highest BCUT2D eigenvalue weighted by Gasteiger charge is 2.31. The first-order chi connectivity index (χ1) is 3.38. The van der Waals surface area contributed by atoms with E-state index in [0.717, 1.165) is 11.8 Å². The van der Waals surface area contributed by atoms with Crippen LogP contribution in [0.5, 0.6) is 0 Å². The summed E-state index contributed by atoms with van der Waals surface area (Å²) in [6, 6.07) is 0. The highest BCUT2D eigenvalue weighted by atomic mass is 14.4. The van der Waals surface area contributed by atoms with Crippen molar-refractivity contribution in [3.8, 4) is 0 Å². The maximum Gasteiger partial charge on any atom is -0.0205 e. The molecule has 0 amide bonds. The summed E-state index contributed by atoms with van der Waals surface area (Å²) in [5.41, 5.74) is 0. The minimum atomic E-state index is 0.880. The molecule has 0 N–H and O–H groups in total. The van der Waals surface area contributed by atoms with Crippen LogP contribution >= 0.6 is 0 Å². The van der Waals surface area contributed by atoms with Gasteiger partial charge < -0.3 is 0 Å². The molecule has 7 heavy (non-hydrogen) atoms. The summed E-state index contributed by atoms with van der Waals surface area (Å²) in [6.45, 7) is 5.97. The van der Waals surface area contributed by atoms with E-state index < -0.39 is 0 Å². The number of rotatable bonds is 2. The van der Waals surface area contributed by atoms with E-state index in [4.69, 9.17) is 0 Å². The molecular weight excluding hydrogens is 84.1 g/mol. The molecule has 1 aliphatic rings. The van der Waals surface area contributed by atoms with Gasteiger partial charge >= 0.3 is 0 Å². The Morgan fingerprint density at radius 3 is 2.71 bits per heavy atom. The molecule has 1 saturated carbocycles. The lowest BCUT2D eigenvalue weighted by Crippen LogP contribution is -1.70. The Hall–Kier alpha value is -0.260. The minimum Gasteiger partial charge on any atom is -0.103 e. The molecule has 0 saturated heterocycles. The third-order valence-electron chi connectivity index (χ3n) is 1.80. The van der Waals surface area contributed by atoms with E-state index in [-0.39, 0.29) is 0 Å². The predicted octanol–water partition coefficient (Wildman–Crippen LogP) is 2.22. The van der Waals surface area contributed by atoms with E-state index in [0.29, 0.717) is 0 Å². The maximum atomic E-state index is 3.72. The fourth-order valence-electron chi connectivity index (χ4n) is 1.03. The molecule has 2 unspecified atom stereocenters. The highest BCUT2D eigenvalue weighted by molar-refractivity contribution is 4.96. The first kappa shape index (κ1) is 4.89. The van der Waals surface area contributed by atoms with Crippen molar-refractivity contribution in [3.05, 3.63) is 12.7 Å². The summed E-state index contributed by atoms with van der Waals surface area (Å²) in [6.07, 6.45) is 4.82. The van der Waals surface area contributed by atoms with Crippen molar-refractivity contribution >= 4 is 0 Å². The van der Waals surface area contributed by atoms with E-state index >= 15 is 0 Å². The van der Waals surface area contributed by atoms with E-state index in [1.165, 1.54) is 12.8 Å². The molecule has 0 spiro atoms. The van der Waals surface area contributed by atoms with Gasteiger partial charge in [0.25, 0.3) is 0 Å². The number of hydrogen-bond acceptors (Lipinski definition) is 0. The van der Waals surface area contributed by atoms with Gasteiger partial charge in [-0.3, -0.25) is 0 Å². The maximum absolute atomic E-state index is 3.72. The van der Waals surface area contributed by atoms with Crippen LogP contribution in [0.3, 0.4) is 0 Å².